The minimum Gasteiger partial charge on any atom is -0.388 e. The Balaban J connectivity index is 2.36. The van der Waals surface area contributed by atoms with Crippen LogP contribution in [0.3, 0.4) is 0 Å². The van der Waals surface area contributed by atoms with Crippen LogP contribution in [0.2, 0.25) is 0 Å². The lowest BCUT2D eigenvalue weighted by Crippen LogP contribution is -2.49. The maximum Gasteiger partial charge on any atom is 0.241 e. The zero-order chi connectivity index (χ0) is 15.3. The van der Waals surface area contributed by atoms with Gasteiger partial charge in [-0.3, -0.25) is 9.59 Å². The van der Waals surface area contributed by atoms with Gasteiger partial charge in [0, 0.05) is 13.6 Å². The molecular weight excluding hydrogens is 258 g/mol. The average Bonchev–Trinajstić information content (AvgIpc) is 2.80. The molecule has 0 aromatic rings. The molecule has 6 heteroatoms. The minimum atomic E-state index is -0.761. The molecule has 116 valence electrons. The summed E-state index contributed by atoms with van der Waals surface area (Å²) in [5.74, 6) is -0.502. The molecule has 20 heavy (non-hydrogen) atoms. The number of nitrogens with one attached hydrogen (secondary N) is 1. The molecule has 0 saturated heterocycles. The van der Waals surface area contributed by atoms with Crippen molar-refractivity contribution in [1.82, 2.24) is 10.2 Å². The number of nitrogens with zero attached hydrogens (tertiary/aromatic N) is 1. The van der Waals surface area contributed by atoms with Gasteiger partial charge in [-0.1, -0.05) is 26.7 Å². The number of amides is 2. The highest BCUT2D eigenvalue weighted by atomic mass is 16.3. The number of carbonyl (C=O) groups is 2. The van der Waals surface area contributed by atoms with Crippen LogP contribution in [0.5, 0.6) is 0 Å². The van der Waals surface area contributed by atoms with Crippen molar-refractivity contribution in [3.8, 4) is 0 Å². The fourth-order valence-corrected chi connectivity index (χ4v) is 2.44. The Kier molecular flexibility index (Phi) is 5.95. The van der Waals surface area contributed by atoms with Gasteiger partial charge in [0.25, 0.3) is 0 Å². The number of likely N-dealkylation sites (N-methyl/N-ethyl adjacent to an activating group) is 1. The van der Waals surface area contributed by atoms with Gasteiger partial charge < -0.3 is 21.1 Å². The first kappa shape index (κ1) is 16.9. The molecule has 0 radical (unpaired) electrons. The summed E-state index contributed by atoms with van der Waals surface area (Å²) < 4.78 is 0. The van der Waals surface area contributed by atoms with Gasteiger partial charge >= 0.3 is 0 Å². The first-order chi connectivity index (χ1) is 9.25. The van der Waals surface area contributed by atoms with Crippen molar-refractivity contribution in [2.24, 2.45) is 11.7 Å². The second kappa shape index (κ2) is 7.04. The van der Waals surface area contributed by atoms with E-state index in [9.17, 15) is 14.7 Å². The molecule has 1 aliphatic rings. The molecule has 0 aromatic heterocycles. The van der Waals surface area contributed by atoms with E-state index in [0.29, 0.717) is 6.54 Å². The third kappa shape index (κ3) is 4.76. The van der Waals surface area contributed by atoms with E-state index >= 15 is 0 Å². The molecule has 2 amide bonds. The maximum absolute atomic E-state index is 11.9. The van der Waals surface area contributed by atoms with Gasteiger partial charge in [-0.15, -0.1) is 0 Å². The normalized spacial score (nSPS) is 18.9. The molecule has 0 heterocycles. The van der Waals surface area contributed by atoms with E-state index in [-0.39, 0.29) is 24.3 Å². The van der Waals surface area contributed by atoms with E-state index in [1.165, 1.54) is 4.90 Å². The molecular formula is C14H27N3O3. The molecule has 1 rings (SSSR count). The lowest BCUT2D eigenvalue weighted by molar-refractivity contribution is -0.134. The third-order valence-electron chi connectivity index (χ3n) is 3.93. The van der Waals surface area contributed by atoms with Gasteiger partial charge in [0.2, 0.25) is 11.8 Å². The summed E-state index contributed by atoms with van der Waals surface area (Å²) in [5.41, 5.74) is 4.94. The molecule has 0 spiro atoms. The van der Waals surface area contributed by atoms with Crippen molar-refractivity contribution in [3.05, 3.63) is 0 Å². The van der Waals surface area contributed by atoms with Crippen LogP contribution < -0.4 is 11.1 Å². The van der Waals surface area contributed by atoms with Crippen molar-refractivity contribution >= 4 is 11.8 Å². The Morgan fingerprint density at radius 1 is 1.35 bits per heavy atom. The highest BCUT2D eigenvalue weighted by molar-refractivity contribution is 5.87. The second-order valence-corrected chi connectivity index (χ2v) is 6.17. The topological polar surface area (TPSA) is 95.7 Å². The molecule has 1 saturated carbocycles. The van der Waals surface area contributed by atoms with Crippen LogP contribution in [0.15, 0.2) is 0 Å². The smallest absolute Gasteiger partial charge is 0.241 e. The van der Waals surface area contributed by atoms with E-state index in [0.717, 1.165) is 25.7 Å². The summed E-state index contributed by atoms with van der Waals surface area (Å²) >= 11 is 0. The Hall–Kier alpha value is -1.14. The number of carbonyl (C=O) groups excluding carboxylic acids is 2. The summed E-state index contributed by atoms with van der Waals surface area (Å²) in [7, 11) is 1.65. The van der Waals surface area contributed by atoms with Gasteiger partial charge in [-0.25, -0.2) is 0 Å². The molecule has 1 fully saturated rings. The maximum atomic E-state index is 11.9. The van der Waals surface area contributed by atoms with Gasteiger partial charge in [-0.2, -0.15) is 0 Å². The van der Waals surface area contributed by atoms with Gasteiger partial charge in [-0.05, 0) is 18.8 Å². The quantitative estimate of drug-likeness (QED) is 0.632. The SMILES string of the molecule is CC(C)[C@H](N)C(=O)NCC(=O)N(C)CC1(O)CCCC1. The number of hydrogen-bond donors (Lipinski definition) is 3. The largest absolute Gasteiger partial charge is 0.388 e. The van der Waals surface area contributed by atoms with E-state index in [4.69, 9.17) is 5.73 Å². The monoisotopic (exact) mass is 285 g/mol. The second-order valence-electron chi connectivity index (χ2n) is 6.17. The fraction of sp³-hybridized carbons (Fsp3) is 0.857. The van der Waals surface area contributed by atoms with Gasteiger partial charge in [0.15, 0.2) is 0 Å². The third-order valence-corrected chi connectivity index (χ3v) is 3.93. The van der Waals surface area contributed by atoms with Crippen LogP contribution >= 0.6 is 0 Å². The Labute approximate surface area is 120 Å². The fourth-order valence-electron chi connectivity index (χ4n) is 2.44. The zero-order valence-electron chi connectivity index (χ0n) is 12.7. The molecule has 1 atom stereocenters. The van der Waals surface area contributed by atoms with Crippen LogP contribution in [0, 0.1) is 5.92 Å². The molecule has 1 aliphatic carbocycles. The van der Waals surface area contributed by atoms with Crippen molar-refractivity contribution in [3.63, 3.8) is 0 Å². The lowest BCUT2D eigenvalue weighted by Gasteiger charge is -2.28. The van der Waals surface area contributed by atoms with Gasteiger partial charge in [0.05, 0.1) is 18.2 Å². The molecule has 0 aliphatic heterocycles. The van der Waals surface area contributed by atoms with Crippen molar-refractivity contribution in [2.75, 3.05) is 20.1 Å². The standard InChI is InChI=1S/C14H27N3O3/c1-10(2)12(15)13(19)16-8-11(18)17(3)9-14(20)6-4-5-7-14/h10,12,20H,4-9,15H2,1-3H3,(H,16,19)/t12-/m0/s1. The first-order valence-corrected chi connectivity index (χ1v) is 7.25. The minimum absolute atomic E-state index is 0.0297. The lowest BCUT2D eigenvalue weighted by atomic mass is 10.0. The number of rotatable bonds is 6. The summed E-state index contributed by atoms with van der Waals surface area (Å²) in [6.45, 7) is 3.95. The van der Waals surface area contributed by atoms with E-state index in [1.54, 1.807) is 7.05 Å². The summed E-state index contributed by atoms with van der Waals surface area (Å²) in [6.07, 6.45) is 3.46. The molecule has 0 unspecified atom stereocenters. The van der Waals surface area contributed by atoms with E-state index < -0.39 is 11.6 Å². The summed E-state index contributed by atoms with van der Waals surface area (Å²) in [6, 6.07) is -0.605. The highest BCUT2D eigenvalue weighted by Crippen LogP contribution is 2.29. The molecule has 6 nitrogen and oxygen atoms in total. The Bertz CT molecular complexity index is 352. The molecule has 0 aromatic carbocycles. The van der Waals surface area contributed by atoms with E-state index in [1.807, 2.05) is 13.8 Å². The molecule has 4 N–H and O–H groups in total. The number of aliphatic hydroxyl groups is 1. The predicted octanol–water partition coefficient (Wildman–Crippen LogP) is -0.151. The first-order valence-electron chi connectivity index (χ1n) is 7.25. The predicted molar refractivity (Wildman–Crippen MR) is 76.9 cm³/mol. The number of hydrogen-bond acceptors (Lipinski definition) is 4. The van der Waals surface area contributed by atoms with E-state index in [2.05, 4.69) is 5.32 Å². The average molecular weight is 285 g/mol. The van der Waals surface area contributed by atoms with Crippen LogP contribution in [0.4, 0.5) is 0 Å². The summed E-state index contributed by atoms with van der Waals surface area (Å²) in [4.78, 5) is 25.1. The van der Waals surface area contributed by atoms with Crippen LogP contribution in [-0.4, -0.2) is 53.6 Å². The van der Waals surface area contributed by atoms with Crippen molar-refractivity contribution < 1.29 is 14.7 Å². The van der Waals surface area contributed by atoms with Crippen LogP contribution in [0.1, 0.15) is 39.5 Å². The van der Waals surface area contributed by atoms with Gasteiger partial charge in [0.1, 0.15) is 0 Å². The number of nitrogens with two attached hydrogens (primary N) is 1. The highest BCUT2D eigenvalue weighted by Gasteiger charge is 2.33. The zero-order valence-corrected chi connectivity index (χ0v) is 12.7. The molecule has 0 bridgehead atoms. The van der Waals surface area contributed by atoms with Crippen LogP contribution in [0.25, 0.3) is 0 Å². The Morgan fingerprint density at radius 3 is 2.40 bits per heavy atom. The van der Waals surface area contributed by atoms with Crippen LogP contribution in [-0.2, 0) is 9.59 Å². The van der Waals surface area contributed by atoms with Crippen molar-refractivity contribution in [2.45, 2.75) is 51.2 Å². The van der Waals surface area contributed by atoms with Crippen molar-refractivity contribution in [1.29, 1.82) is 0 Å². The summed E-state index contributed by atoms with van der Waals surface area (Å²) in [5, 5.41) is 12.8. The Morgan fingerprint density at radius 2 is 1.90 bits per heavy atom.